The highest BCUT2D eigenvalue weighted by Gasteiger charge is 2.42. The van der Waals surface area contributed by atoms with Crippen molar-refractivity contribution >= 4 is 5.97 Å². The van der Waals surface area contributed by atoms with Crippen LogP contribution in [0.25, 0.3) is 0 Å². The lowest BCUT2D eigenvalue weighted by atomic mass is 9.93. The minimum atomic E-state index is -1.55. The highest BCUT2D eigenvalue weighted by Crippen LogP contribution is 2.23. The number of aliphatic carboxylic acids is 1. The number of hydrogen-bond acceptors (Lipinski definition) is 7. The topological polar surface area (TPSA) is 139 Å². The van der Waals surface area contributed by atoms with Crippen molar-refractivity contribution < 1.29 is 35.1 Å². The number of nitrogens with one attached hydrogen (secondary N) is 1. The monoisotopic (exact) mass is 291 g/mol. The van der Waals surface area contributed by atoms with E-state index < -0.39 is 48.8 Å². The minimum Gasteiger partial charge on any atom is -0.479 e. The molecule has 1 heterocycles. The van der Waals surface area contributed by atoms with Gasteiger partial charge >= 0.3 is 5.97 Å². The van der Waals surface area contributed by atoms with E-state index in [1.165, 1.54) is 0 Å². The summed E-state index contributed by atoms with van der Waals surface area (Å²) in [6.45, 7) is 2.89. The van der Waals surface area contributed by atoms with Gasteiger partial charge in [-0.15, -0.1) is 0 Å². The van der Waals surface area contributed by atoms with E-state index in [0.717, 1.165) is 6.08 Å². The molecule has 0 aliphatic carbocycles. The van der Waals surface area contributed by atoms with Crippen LogP contribution in [-0.4, -0.2) is 74.6 Å². The van der Waals surface area contributed by atoms with Gasteiger partial charge in [-0.25, -0.2) is 4.79 Å². The summed E-state index contributed by atoms with van der Waals surface area (Å²) in [5.74, 6) is -1.89. The van der Waals surface area contributed by atoms with E-state index in [2.05, 4.69) is 5.32 Å². The van der Waals surface area contributed by atoms with E-state index in [0.29, 0.717) is 0 Å². The van der Waals surface area contributed by atoms with Crippen LogP contribution in [0.3, 0.4) is 0 Å². The fraction of sp³-hybridized carbons (Fsp3) is 0.750. The number of aliphatic hydroxyl groups excluding tert-OH is 4. The average molecular weight is 291 g/mol. The molecule has 5 atom stereocenters. The van der Waals surface area contributed by atoms with Gasteiger partial charge in [-0.1, -0.05) is 13.8 Å². The molecule has 0 saturated heterocycles. The molecule has 8 heteroatoms. The summed E-state index contributed by atoms with van der Waals surface area (Å²) in [6, 6.07) is -0.881. The first-order valence-electron chi connectivity index (χ1n) is 6.30. The lowest BCUT2D eigenvalue weighted by Gasteiger charge is -2.39. The zero-order valence-electron chi connectivity index (χ0n) is 11.3. The molecular formula is C12H21NO7. The number of carboxylic acid groups (broad SMARTS) is 1. The Bertz CT molecular complexity index is 371. The van der Waals surface area contributed by atoms with Crippen LogP contribution in [0.15, 0.2) is 11.8 Å². The second kappa shape index (κ2) is 7.00. The van der Waals surface area contributed by atoms with Gasteiger partial charge in [-0.05, 0) is 6.08 Å². The van der Waals surface area contributed by atoms with Crippen LogP contribution in [0, 0.1) is 0 Å². The van der Waals surface area contributed by atoms with Crippen LogP contribution in [0.4, 0.5) is 0 Å². The van der Waals surface area contributed by atoms with Crippen LogP contribution in [0.1, 0.15) is 13.8 Å². The van der Waals surface area contributed by atoms with Crippen molar-refractivity contribution in [3.8, 4) is 0 Å². The van der Waals surface area contributed by atoms with E-state index in [1.807, 2.05) is 0 Å². The molecule has 0 amide bonds. The minimum absolute atomic E-state index is 0.0704. The van der Waals surface area contributed by atoms with Crippen molar-refractivity contribution in [3.05, 3.63) is 11.8 Å². The van der Waals surface area contributed by atoms with Crippen LogP contribution < -0.4 is 5.32 Å². The Morgan fingerprint density at radius 3 is 2.50 bits per heavy atom. The smallest absolute Gasteiger partial charge is 0.370 e. The van der Waals surface area contributed by atoms with Gasteiger partial charge in [0.25, 0.3) is 0 Å². The third kappa shape index (κ3) is 3.90. The maximum absolute atomic E-state index is 10.9. The van der Waals surface area contributed by atoms with Gasteiger partial charge in [0.1, 0.15) is 18.3 Å². The molecule has 0 aromatic heterocycles. The number of aliphatic hydroxyl groups is 4. The predicted molar refractivity (Wildman–Crippen MR) is 67.8 cm³/mol. The maximum Gasteiger partial charge on any atom is 0.370 e. The molecule has 0 aromatic rings. The van der Waals surface area contributed by atoms with Crippen molar-refractivity contribution in [1.29, 1.82) is 0 Å². The Hall–Kier alpha value is -1.19. The standard InChI is InChI=1S/C12H21NO7/c1-5(2)13-9-6(15)3-8(12(18)19)20-11(9)10(17)7(16)4-14/h3,5-7,9-11,13-17H,4H2,1-2H3,(H,18,19)/t6-,7?,9+,10+,11+/m0/s1. The first-order valence-corrected chi connectivity index (χ1v) is 6.30. The molecule has 8 nitrogen and oxygen atoms in total. The van der Waals surface area contributed by atoms with Crippen molar-refractivity contribution in [1.82, 2.24) is 5.32 Å². The molecule has 20 heavy (non-hydrogen) atoms. The van der Waals surface area contributed by atoms with Gasteiger partial charge in [-0.2, -0.15) is 0 Å². The number of hydrogen-bond donors (Lipinski definition) is 6. The quantitative estimate of drug-likeness (QED) is 0.324. The lowest BCUT2D eigenvalue weighted by Crippen LogP contribution is -2.60. The molecule has 1 aliphatic heterocycles. The normalized spacial score (nSPS) is 29.6. The second-order valence-corrected chi connectivity index (χ2v) is 5.00. The Labute approximate surface area is 116 Å². The van der Waals surface area contributed by atoms with E-state index in [1.54, 1.807) is 13.8 Å². The SMILES string of the molecule is CC(C)N[C@H]1[C@H]([C@H](O)C(O)CO)OC(C(=O)O)=C[C@@H]1O. The number of carbonyl (C=O) groups is 1. The average Bonchev–Trinajstić information content (AvgIpc) is 2.38. The van der Waals surface area contributed by atoms with Crippen molar-refractivity contribution in [2.75, 3.05) is 6.61 Å². The lowest BCUT2D eigenvalue weighted by molar-refractivity contribution is -0.148. The number of carboxylic acids is 1. The Morgan fingerprint density at radius 1 is 1.45 bits per heavy atom. The van der Waals surface area contributed by atoms with Gasteiger partial charge in [0.15, 0.2) is 0 Å². The Balaban J connectivity index is 3.01. The molecule has 0 saturated carbocycles. The molecular weight excluding hydrogens is 270 g/mol. The molecule has 0 radical (unpaired) electrons. The summed E-state index contributed by atoms with van der Waals surface area (Å²) >= 11 is 0. The van der Waals surface area contributed by atoms with E-state index in [-0.39, 0.29) is 6.04 Å². The molecule has 1 aliphatic rings. The predicted octanol–water partition coefficient (Wildman–Crippen LogP) is -2.20. The van der Waals surface area contributed by atoms with Crippen molar-refractivity contribution in [3.63, 3.8) is 0 Å². The molecule has 116 valence electrons. The summed E-state index contributed by atoms with van der Waals surface area (Å²) in [7, 11) is 0. The Morgan fingerprint density at radius 2 is 2.05 bits per heavy atom. The van der Waals surface area contributed by atoms with Gasteiger partial charge in [0.05, 0.1) is 18.8 Å². The molecule has 1 rings (SSSR count). The zero-order chi connectivity index (χ0) is 15.4. The highest BCUT2D eigenvalue weighted by atomic mass is 16.5. The third-order valence-electron chi connectivity index (χ3n) is 2.96. The first-order chi connectivity index (χ1) is 9.27. The van der Waals surface area contributed by atoms with Gasteiger partial charge in [0, 0.05) is 6.04 Å². The largest absolute Gasteiger partial charge is 0.479 e. The fourth-order valence-corrected chi connectivity index (χ4v) is 2.02. The third-order valence-corrected chi connectivity index (χ3v) is 2.96. The second-order valence-electron chi connectivity index (χ2n) is 5.00. The van der Waals surface area contributed by atoms with Crippen molar-refractivity contribution in [2.45, 2.75) is 50.3 Å². The Kier molecular flexibility index (Phi) is 5.90. The van der Waals surface area contributed by atoms with Crippen molar-refractivity contribution in [2.24, 2.45) is 0 Å². The van der Waals surface area contributed by atoms with Gasteiger partial charge in [-0.3, -0.25) is 0 Å². The maximum atomic E-state index is 10.9. The number of rotatable bonds is 6. The molecule has 1 unspecified atom stereocenters. The molecule has 0 spiro atoms. The first kappa shape index (κ1) is 16.9. The summed E-state index contributed by atoms with van der Waals surface area (Å²) < 4.78 is 5.13. The molecule has 0 bridgehead atoms. The summed E-state index contributed by atoms with van der Waals surface area (Å²) in [6.07, 6.45) is -4.43. The van der Waals surface area contributed by atoms with E-state index in [4.69, 9.17) is 14.9 Å². The zero-order valence-corrected chi connectivity index (χ0v) is 11.3. The fourth-order valence-electron chi connectivity index (χ4n) is 2.02. The summed E-state index contributed by atoms with van der Waals surface area (Å²) in [4.78, 5) is 10.9. The summed E-state index contributed by atoms with van der Waals surface area (Å²) in [5, 5.41) is 50.1. The van der Waals surface area contributed by atoms with Gasteiger partial charge in [0.2, 0.25) is 5.76 Å². The van der Waals surface area contributed by atoms with Crippen LogP contribution in [0.2, 0.25) is 0 Å². The van der Waals surface area contributed by atoms with E-state index >= 15 is 0 Å². The summed E-state index contributed by atoms with van der Waals surface area (Å²) in [5.41, 5.74) is 0. The van der Waals surface area contributed by atoms with Crippen LogP contribution in [-0.2, 0) is 9.53 Å². The van der Waals surface area contributed by atoms with E-state index in [9.17, 15) is 20.1 Å². The molecule has 6 N–H and O–H groups in total. The van der Waals surface area contributed by atoms with Crippen LogP contribution in [0.5, 0.6) is 0 Å². The molecule has 0 fully saturated rings. The molecule has 0 aromatic carbocycles. The van der Waals surface area contributed by atoms with Gasteiger partial charge < -0.3 is 35.6 Å². The number of ether oxygens (including phenoxy) is 1. The highest BCUT2D eigenvalue weighted by molar-refractivity contribution is 5.84. The van der Waals surface area contributed by atoms with Crippen LogP contribution >= 0.6 is 0 Å².